The van der Waals surface area contributed by atoms with Gasteiger partial charge in [-0.1, -0.05) is 37.3 Å². The molecule has 2 atom stereocenters. The summed E-state index contributed by atoms with van der Waals surface area (Å²) in [6.45, 7) is 6.38. The van der Waals surface area contributed by atoms with E-state index >= 15 is 0 Å². The summed E-state index contributed by atoms with van der Waals surface area (Å²) >= 11 is 8.32. The number of hydrogen-bond donors (Lipinski definition) is 0. The number of hydrogen-bond acceptors (Lipinski definition) is 2. The molecule has 96 valence electrons. The predicted molar refractivity (Wildman–Crippen MR) is 79.5 cm³/mol. The van der Waals surface area contributed by atoms with Gasteiger partial charge in [0.1, 0.15) is 0 Å². The second kappa shape index (κ2) is 5.85. The van der Waals surface area contributed by atoms with Gasteiger partial charge in [0.2, 0.25) is 0 Å². The van der Waals surface area contributed by atoms with Gasteiger partial charge < -0.3 is 0 Å². The Morgan fingerprint density at radius 1 is 1.22 bits per heavy atom. The second-order valence-electron chi connectivity index (χ2n) is 4.74. The third-order valence-corrected chi connectivity index (χ3v) is 4.96. The van der Waals surface area contributed by atoms with Crippen LogP contribution in [0, 0.1) is 19.8 Å². The maximum atomic E-state index is 6.53. The number of halogens is 1. The van der Waals surface area contributed by atoms with Crippen LogP contribution in [0.5, 0.6) is 0 Å². The third kappa shape index (κ3) is 3.12. The Morgan fingerprint density at radius 3 is 2.44 bits per heavy atom. The van der Waals surface area contributed by atoms with E-state index in [2.05, 4.69) is 37.9 Å². The highest BCUT2D eigenvalue weighted by atomic mass is 35.5. The van der Waals surface area contributed by atoms with Crippen LogP contribution >= 0.6 is 22.9 Å². The fraction of sp³-hybridized carbons (Fsp3) is 0.400. The molecular formula is C15H18ClNS. The predicted octanol–water partition coefficient (Wildman–Crippen LogP) is 4.92. The highest BCUT2D eigenvalue weighted by Gasteiger charge is 2.18. The summed E-state index contributed by atoms with van der Waals surface area (Å²) in [5.74, 6) is 0.388. The molecule has 3 heteroatoms. The molecular weight excluding hydrogens is 262 g/mol. The average Bonchev–Trinajstić information content (AvgIpc) is 2.68. The number of thiazole rings is 1. The van der Waals surface area contributed by atoms with Crippen molar-refractivity contribution in [2.45, 2.75) is 32.6 Å². The Labute approximate surface area is 118 Å². The summed E-state index contributed by atoms with van der Waals surface area (Å²) < 4.78 is 0. The van der Waals surface area contributed by atoms with Crippen molar-refractivity contribution in [3.63, 3.8) is 0 Å². The normalized spacial score (nSPS) is 14.4. The monoisotopic (exact) mass is 279 g/mol. The van der Waals surface area contributed by atoms with Crippen molar-refractivity contribution in [3.05, 3.63) is 51.5 Å². The van der Waals surface area contributed by atoms with Crippen LogP contribution in [0.15, 0.2) is 30.3 Å². The van der Waals surface area contributed by atoms with E-state index < -0.39 is 0 Å². The number of rotatable bonds is 4. The van der Waals surface area contributed by atoms with Gasteiger partial charge in [-0.2, -0.15) is 0 Å². The lowest BCUT2D eigenvalue weighted by Crippen LogP contribution is -2.07. The van der Waals surface area contributed by atoms with Crippen LogP contribution in [0.1, 0.15) is 33.4 Å². The molecule has 2 unspecified atom stereocenters. The third-order valence-electron chi connectivity index (χ3n) is 3.19. The van der Waals surface area contributed by atoms with Crippen LogP contribution in [0.2, 0.25) is 0 Å². The maximum absolute atomic E-state index is 6.53. The van der Waals surface area contributed by atoms with Gasteiger partial charge in [0.25, 0.3) is 0 Å². The first-order valence-electron chi connectivity index (χ1n) is 6.20. The van der Waals surface area contributed by atoms with Gasteiger partial charge in [-0.25, -0.2) is 4.98 Å². The first kappa shape index (κ1) is 13.6. The Balaban J connectivity index is 2.06. The van der Waals surface area contributed by atoms with E-state index in [9.17, 15) is 0 Å². The summed E-state index contributed by atoms with van der Waals surface area (Å²) in [6.07, 6.45) is 0.947. The molecule has 1 heterocycles. The van der Waals surface area contributed by atoms with E-state index in [1.807, 2.05) is 18.2 Å². The fourth-order valence-corrected chi connectivity index (χ4v) is 3.28. The van der Waals surface area contributed by atoms with Crippen LogP contribution in [-0.2, 0) is 6.42 Å². The van der Waals surface area contributed by atoms with E-state index in [1.165, 1.54) is 15.4 Å². The molecule has 0 amide bonds. The molecule has 1 nitrogen and oxygen atoms in total. The van der Waals surface area contributed by atoms with Crippen molar-refractivity contribution in [2.75, 3.05) is 0 Å². The standard InChI is InChI=1S/C15H18ClNS/c1-10(9-14-17-11(2)12(3)18-14)15(16)13-7-5-4-6-8-13/h4-8,10,15H,9H2,1-3H3. The molecule has 0 spiro atoms. The van der Waals surface area contributed by atoms with Gasteiger partial charge in [0.05, 0.1) is 16.1 Å². The fourth-order valence-electron chi connectivity index (χ4n) is 1.97. The summed E-state index contributed by atoms with van der Waals surface area (Å²) in [4.78, 5) is 5.89. The average molecular weight is 280 g/mol. The van der Waals surface area contributed by atoms with E-state index in [-0.39, 0.29) is 5.38 Å². The van der Waals surface area contributed by atoms with Crippen molar-refractivity contribution in [1.82, 2.24) is 4.98 Å². The van der Waals surface area contributed by atoms with E-state index in [0.29, 0.717) is 5.92 Å². The molecule has 2 aromatic rings. The SMILES string of the molecule is Cc1nc(CC(C)C(Cl)c2ccccc2)sc1C. The largest absolute Gasteiger partial charge is 0.246 e. The molecule has 0 N–H and O–H groups in total. The topological polar surface area (TPSA) is 12.9 Å². The zero-order chi connectivity index (χ0) is 13.1. The van der Waals surface area contributed by atoms with Crippen molar-refractivity contribution < 1.29 is 0 Å². The molecule has 18 heavy (non-hydrogen) atoms. The minimum absolute atomic E-state index is 0.0516. The maximum Gasteiger partial charge on any atom is 0.0934 e. The molecule has 0 saturated heterocycles. The molecule has 0 saturated carbocycles. The van der Waals surface area contributed by atoms with Gasteiger partial charge in [0.15, 0.2) is 0 Å². The van der Waals surface area contributed by atoms with Gasteiger partial charge in [-0.05, 0) is 25.3 Å². The molecule has 0 bridgehead atoms. The van der Waals surface area contributed by atoms with E-state index in [4.69, 9.17) is 11.6 Å². The minimum atomic E-state index is 0.0516. The summed E-state index contributed by atoms with van der Waals surface area (Å²) in [7, 11) is 0. The first-order valence-corrected chi connectivity index (χ1v) is 7.45. The van der Waals surface area contributed by atoms with Crippen molar-refractivity contribution in [1.29, 1.82) is 0 Å². The zero-order valence-electron chi connectivity index (χ0n) is 11.0. The Morgan fingerprint density at radius 2 is 1.89 bits per heavy atom. The molecule has 0 aliphatic carbocycles. The summed E-state index contributed by atoms with van der Waals surface area (Å²) in [5, 5.41) is 1.25. The lowest BCUT2D eigenvalue weighted by atomic mass is 9.98. The molecule has 1 aromatic carbocycles. The highest BCUT2D eigenvalue weighted by molar-refractivity contribution is 7.11. The van der Waals surface area contributed by atoms with Crippen LogP contribution in [0.25, 0.3) is 0 Å². The second-order valence-corrected chi connectivity index (χ2v) is 6.50. The lowest BCUT2D eigenvalue weighted by molar-refractivity contribution is 0.556. The van der Waals surface area contributed by atoms with Crippen molar-refractivity contribution in [2.24, 2.45) is 5.92 Å². The minimum Gasteiger partial charge on any atom is -0.246 e. The Kier molecular flexibility index (Phi) is 4.41. The number of alkyl halides is 1. The first-order chi connectivity index (χ1) is 8.58. The zero-order valence-corrected chi connectivity index (χ0v) is 12.6. The number of benzene rings is 1. The summed E-state index contributed by atoms with van der Waals surface area (Å²) in [5.41, 5.74) is 2.34. The quantitative estimate of drug-likeness (QED) is 0.724. The summed E-state index contributed by atoms with van der Waals surface area (Å²) in [6, 6.07) is 10.3. The smallest absolute Gasteiger partial charge is 0.0934 e. The highest BCUT2D eigenvalue weighted by Crippen LogP contribution is 2.32. The molecule has 1 aromatic heterocycles. The molecule has 0 aliphatic heterocycles. The molecule has 0 aliphatic rings. The number of aryl methyl sites for hydroxylation is 2. The number of nitrogens with zero attached hydrogens (tertiary/aromatic N) is 1. The lowest BCUT2D eigenvalue weighted by Gasteiger charge is -2.17. The van der Waals surface area contributed by atoms with Crippen molar-refractivity contribution >= 4 is 22.9 Å². The van der Waals surface area contributed by atoms with Gasteiger partial charge in [-0.15, -0.1) is 22.9 Å². The van der Waals surface area contributed by atoms with Crippen LogP contribution in [0.4, 0.5) is 0 Å². The van der Waals surface area contributed by atoms with Crippen LogP contribution < -0.4 is 0 Å². The molecule has 2 rings (SSSR count). The van der Waals surface area contributed by atoms with Crippen LogP contribution in [0.3, 0.4) is 0 Å². The Hall–Kier alpha value is -0.860. The molecule has 0 radical (unpaired) electrons. The van der Waals surface area contributed by atoms with Gasteiger partial charge in [0, 0.05) is 11.3 Å². The van der Waals surface area contributed by atoms with Crippen molar-refractivity contribution in [3.8, 4) is 0 Å². The van der Waals surface area contributed by atoms with Gasteiger partial charge in [-0.3, -0.25) is 0 Å². The Bertz CT molecular complexity index is 487. The van der Waals surface area contributed by atoms with Gasteiger partial charge >= 0.3 is 0 Å². The van der Waals surface area contributed by atoms with Crippen LogP contribution in [-0.4, -0.2) is 4.98 Å². The molecule has 0 fully saturated rings. The van der Waals surface area contributed by atoms with E-state index in [0.717, 1.165) is 12.1 Å². The van der Waals surface area contributed by atoms with E-state index in [1.54, 1.807) is 11.3 Å². The number of aromatic nitrogens is 1.